The Bertz CT molecular complexity index is 229. The molecular formula is C11H20F3N. The standard InChI is InChI=1S/C11H20F3N/c1-9(2,3)8-6-4-5-7-10(8,15)11(12,13)14/h8H,4-7,15H2,1-3H3. The van der Waals surface area contributed by atoms with Crippen molar-refractivity contribution in [1.82, 2.24) is 0 Å². The Morgan fingerprint density at radius 3 is 2.00 bits per heavy atom. The average molecular weight is 223 g/mol. The zero-order valence-corrected chi connectivity index (χ0v) is 9.62. The van der Waals surface area contributed by atoms with Crippen LogP contribution in [-0.4, -0.2) is 11.7 Å². The van der Waals surface area contributed by atoms with Crippen LogP contribution in [0.25, 0.3) is 0 Å². The van der Waals surface area contributed by atoms with E-state index in [1.807, 2.05) is 20.8 Å². The van der Waals surface area contributed by atoms with Crippen molar-refractivity contribution in [1.29, 1.82) is 0 Å². The summed E-state index contributed by atoms with van der Waals surface area (Å²) in [6.45, 7) is 5.53. The molecule has 1 aliphatic carbocycles. The summed E-state index contributed by atoms with van der Waals surface area (Å²) in [7, 11) is 0. The van der Waals surface area contributed by atoms with Gasteiger partial charge in [0, 0.05) is 0 Å². The highest BCUT2D eigenvalue weighted by atomic mass is 19.4. The predicted octanol–water partition coefficient (Wildman–Crippen LogP) is 3.48. The summed E-state index contributed by atoms with van der Waals surface area (Å²) >= 11 is 0. The minimum absolute atomic E-state index is 0.0679. The molecular weight excluding hydrogens is 203 g/mol. The molecule has 4 heteroatoms. The summed E-state index contributed by atoms with van der Waals surface area (Å²) in [4.78, 5) is 0. The van der Waals surface area contributed by atoms with E-state index in [4.69, 9.17) is 5.73 Å². The van der Waals surface area contributed by atoms with Crippen molar-refractivity contribution in [3.05, 3.63) is 0 Å². The van der Waals surface area contributed by atoms with Gasteiger partial charge in [-0.15, -0.1) is 0 Å². The molecule has 1 rings (SSSR count). The number of halogens is 3. The molecule has 1 aliphatic rings. The highest BCUT2D eigenvalue weighted by molar-refractivity contribution is 5.03. The molecule has 1 fully saturated rings. The van der Waals surface area contributed by atoms with Gasteiger partial charge in [0.25, 0.3) is 0 Å². The van der Waals surface area contributed by atoms with Crippen molar-refractivity contribution in [2.75, 3.05) is 0 Å². The summed E-state index contributed by atoms with van der Waals surface area (Å²) in [6, 6.07) is 0. The molecule has 1 saturated carbocycles. The molecule has 0 aromatic carbocycles. The van der Waals surface area contributed by atoms with Gasteiger partial charge in [0.2, 0.25) is 0 Å². The fourth-order valence-corrected chi connectivity index (χ4v) is 2.74. The van der Waals surface area contributed by atoms with E-state index in [9.17, 15) is 13.2 Å². The second kappa shape index (κ2) is 3.65. The van der Waals surface area contributed by atoms with Crippen LogP contribution in [0.1, 0.15) is 46.5 Å². The number of hydrogen-bond acceptors (Lipinski definition) is 1. The molecule has 0 saturated heterocycles. The minimum Gasteiger partial charge on any atom is -0.317 e. The first-order chi connectivity index (χ1) is 6.59. The van der Waals surface area contributed by atoms with Gasteiger partial charge in [-0.1, -0.05) is 33.6 Å². The molecule has 2 unspecified atom stereocenters. The zero-order valence-electron chi connectivity index (χ0n) is 9.62. The maximum Gasteiger partial charge on any atom is 0.406 e. The van der Waals surface area contributed by atoms with E-state index in [2.05, 4.69) is 0 Å². The SMILES string of the molecule is CC(C)(C)C1CCCCC1(N)C(F)(F)F. The second-order valence-corrected chi connectivity index (χ2v) is 5.70. The summed E-state index contributed by atoms with van der Waals surface area (Å²) in [6.07, 6.45) is -2.19. The van der Waals surface area contributed by atoms with Gasteiger partial charge in [-0.3, -0.25) is 0 Å². The van der Waals surface area contributed by atoms with Crippen LogP contribution in [-0.2, 0) is 0 Å². The Kier molecular flexibility index (Phi) is 3.12. The molecule has 0 heterocycles. The van der Waals surface area contributed by atoms with Crippen LogP contribution in [0.5, 0.6) is 0 Å². The highest BCUT2D eigenvalue weighted by Gasteiger charge is 2.59. The number of rotatable bonds is 0. The van der Waals surface area contributed by atoms with Crippen LogP contribution in [0.15, 0.2) is 0 Å². The van der Waals surface area contributed by atoms with Crippen molar-refractivity contribution < 1.29 is 13.2 Å². The zero-order chi connectivity index (χ0) is 11.9. The van der Waals surface area contributed by atoms with Crippen molar-refractivity contribution >= 4 is 0 Å². The third-order valence-electron chi connectivity index (χ3n) is 3.53. The molecule has 0 amide bonds. The summed E-state index contributed by atoms with van der Waals surface area (Å²) < 4.78 is 38.9. The summed E-state index contributed by atoms with van der Waals surface area (Å²) in [5, 5.41) is 0. The quantitative estimate of drug-likeness (QED) is 0.668. The highest BCUT2D eigenvalue weighted by Crippen LogP contribution is 2.49. The maximum atomic E-state index is 13.0. The maximum absolute atomic E-state index is 13.0. The van der Waals surface area contributed by atoms with Crippen LogP contribution < -0.4 is 5.73 Å². The fourth-order valence-electron chi connectivity index (χ4n) is 2.74. The first-order valence-corrected chi connectivity index (χ1v) is 5.44. The van der Waals surface area contributed by atoms with Gasteiger partial charge >= 0.3 is 6.18 Å². The first-order valence-electron chi connectivity index (χ1n) is 5.44. The predicted molar refractivity (Wildman–Crippen MR) is 54.4 cm³/mol. The Labute approximate surface area is 89.2 Å². The lowest BCUT2D eigenvalue weighted by atomic mass is 9.62. The molecule has 0 bridgehead atoms. The van der Waals surface area contributed by atoms with E-state index in [-0.39, 0.29) is 11.8 Å². The van der Waals surface area contributed by atoms with Gasteiger partial charge in [0.05, 0.1) is 0 Å². The summed E-state index contributed by atoms with van der Waals surface area (Å²) in [5.74, 6) is -0.473. The number of nitrogens with two attached hydrogens (primary N) is 1. The van der Waals surface area contributed by atoms with Crippen molar-refractivity contribution in [3.63, 3.8) is 0 Å². The van der Waals surface area contributed by atoms with E-state index >= 15 is 0 Å². The smallest absolute Gasteiger partial charge is 0.317 e. The Hall–Kier alpha value is -0.250. The van der Waals surface area contributed by atoms with E-state index < -0.39 is 17.6 Å². The largest absolute Gasteiger partial charge is 0.406 e. The molecule has 15 heavy (non-hydrogen) atoms. The van der Waals surface area contributed by atoms with Gasteiger partial charge < -0.3 is 5.73 Å². The molecule has 0 aliphatic heterocycles. The minimum atomic E-state index is -4.29. The first kappa shape index (κ1) is 12.8. The third-order valence-corrected chi connectivity index (χ3v) is 3.53. The Morgan fingerprint density at radius 1 is 1.13 bits per heavy atom. The molecule has 0 aromatic heterocycles. The number of alkyl halides is 3. The van der Waals surface area contributed by atoms with Crippen LogP contribution in [0, 0.1) is 11.3 Å². The summed E-state index contributed by atoms with van der Waals surface area (Å²) in [5.41, 5.74) is 3.27. The van der Waals surface area contributed by atoms with Crippen molar-refractivity contribution in [3.8, 4) is 0 Å². The third kappa shape index (κ3) is 2.30. The van der Waals surface area contributed by atoms with Gasteiger partial charge in [-0.05, 0) is 24.2 Å². The molecule has 0 spiro atoms. The van der Waals surface area contributed by atoms with Crippen LogP contribution in [0.4, 0.5) is 13.2 Å². The Morgan fingerprint density at radius 2 is 1.67 bits per heavy atom. The van der Waals surface area contributed by atoms with Gasteiger partial charge in [0.1, 0.15) is 5.54 Å². The van der Waals surface area contributed by atoms with Crippen molar-refractivity contribution in [2.45, 2.75) is 58.2 Å². The lowest BCUT2D eigenvalue weighted by Gasteiger charge is -2.48. The van der Waals surface area contributed by atoms with Gasteiger partial charge in [-0.2, -0.15) is 13.2 Å². The van der Waals surface area contributed by atoms with Crippen molar-refractivity contribution in [2.24, 2.45) is 17.1 Å². The monoisotopic (exact) mass is 223 g/mol. The van der Waals surface area contributed by atoms with Gasteiger partial charge in [0.15, 0.2) is 0 Å². The molecule has 2 atom stereocenters. The van der Waals surface area contributed by atoms with Crippen LogP contribution in [0.3, 0.4) is 0 Å². The molecule has 0 radical (unpaired) electrons. The lowest BCUT2D eigenvalue weighted by Crippen LogP contribution is -2.63. The van der Waals surface area contributed by atoms with E-state index in [0.717, 1.165) is 6.42 Å². The Balaban J connectivity index is 3.02. The molecule has 90 valence electrons. The van der Waals surface area contributed by atoms with E-state index in [1.54, 1.807) is 0 Å². The van der Waals surface area contributed by atoms with Crippen LogP contribution >= 0.6 is 0 Å². The average Bonchev–Trinajstić information content (AvgIpc) is 2.00. The fraction of sp³-hybridized carbons (Fsp3) is 1.00. The van der Waals surface area contributed by atoms with Crippen LogP contribution in [0.2, 0.25) is 0 Å². The molecule has 1 nitrogen and oxygen atoms in total. The number of hydrogen-bond donors (Lipinski definition) is 1. The van der Waals surface area contributed by atoms with Gasteiger partial charge in [-0.25, -0.2) is 0 Å². The van der Waals surface area contributed by atoms with E-state index in [0.29, 0.717) is 12.8 Å². The van der Waals surface area contributed by atoms with E-state index in [1.165, 1.54) is 0 Å². The molecule has 0 aromatic rings. The topological polar surface area (TPSA) is 26.0 Å². The second-order valence-electron chi connectivity index (χ2n) is 5.70. The lowest BCUT2D eigenvalue weighted by molar-refractivity contribution is -0.220. The molecule has 2 N–H and O–H groups in total. The normalized spacial score (nSPS) is 34.2.